The molecule has 2 rings (SSSR count). The van der Waals surface area contributed by atoms with Crippen LogP contribution in [-0.2, 0) is 0 Å². The number of benzene rings is 1. The van der Waals surface area contributed by atoms with Crippen LogP contribution in [0.2, 0.25) is 0 Å². The smallest absolute Gasteiger partial charge is 0.199 e. The Balaban J connectivity index is 2.19. The number of halogens is 2. The van der Waals surface area contributed by atoms with Gasteiger partial charge in [-0.1, -0.05) is 0 Å². The van der Waals surface area contributed by atoms with Gasteiger partial charge in [0.05, 0.1) is 4.47 Å². The lowest BCUT2D eigenvalue weighted by molar-refractivity contribution is 0.308. The van der Waals surface area contributed by atoms with Gasteiger partial charge in [-0.15, -0.1) is 0 Å². The highest BCUT2D eigenvalue weighted by molar-refractivity contribution is 9.10. The first-order chi connectivity index (χ1) is 8.08. The highest BCUT2D eigenvalue weighted by atomic mass is 79.9. The number of hydrogen-bond acceptors (Lipinski definition) is 5. The van der Waals surface area contributed by atoms with Gasteiger partial charge < -0.3 is 11.1 Å². The van der Waals surface area contributed by atoms with Crippen molar-refractivity contribution in [2.75, 3.05) is 11.1 Å². The fourth-order valence-electron chi connectivity index (χ4n) is 1.15. The van der Waals surface area contributed by atoms with Crippen LogP contribution in [0.3, 0.4) is 0 Å². The molecule has 1 heterocycles. The second kappa shape index (κ2) is 4.50. The van der Waals surface area contributed by atoms with E-state index in [1.54, 1.807) is 0 Å². The number of rotatable bonds is 2. The number of aromatic nitrogens is 2. The van der Waals surface area contributed by atoms with E-state index < -0.39 is 0 Å². The topological polar surface area (TPSA) is 101 Å². The van der Waals surface area contributed by atoms with Gasteiger partial charge in [-0.3, -0.25) is 5.41 Å². The molecule has 0 fully saturated rings. The Morgan fingerprint density at radius 3 is 2.82 bits per heavy atom. The van der Waals surface area contributed by atoms with Gasteiger partial charge in [0, 0.05) is 5.69 Å². The first-order valence-electron chi connectivity index (χ1n) is 4.47. The van der Waals surface area contributed by atoms with Crippen LogP contribution in [-0.4, -0.2) is 16.1 Å². The van der Waals surface area contributed by atoms with E-state index in [0.29, 0.717) is 10.2 Å². The summed E-state index contributed by atoms with van der Waals surface area (Å²) >= 11 is 3.04. The maximum atomic E-state index is 13.0. The average molecular weight is 300 g/mol. The van der Waals surface area contributed by atoms with Gasteiger partial charge in [0.25, 0.3) is 0 Å². The summed E-state index contributed by atoms with van der Waals surface area (Å²) in [4.78, 5) is 0. The lowest BCUT2D eigenvalue weighted by Crippen LogP contribution is -2.14. The van der Waals surface area contributed by atoms with E-state index in [0.717, 1.165) is 0 Å². The van der Waals surface area contributed by atoms with E-state index in [9.17, 15) is 4.39 Å². The van der Waals surface area contributed by atoms with Crippen molar-refractivity contribution in [2.24, 2.45) is 0 Å². The molecule has 0 amide bonds. The Labute approximate surface area is 104 Å². The first kappa shape index (κ1) is 11.5. The molecule has 2 aromatic rings. The van der Waals surface area contributed by atoms with Crippen LogP contribution in [0.4, 0.5) is 15.9 Å². The molecule has 0 aliphatic rings. The molecule has 1 aromatic heterocycles. The number of amidine groups is 1. The fraction of sp³-hybridized carbons (Fsp3) is 0. The van der Waals surface area contributed by atoms with Crippen LogP contribution < -0.4 is 11.1 Å². The van der Waals surface area contributed by atoms with Gasteiger partial charge in [0.1, 0.15) is 5.82 Å². The summed E-state index contributed by atoms with van der Waals surface area (Å²) < 4.78 is 17.7. The summed E-state index contributed by atoms with van der Waals surface area (Å²) in [6.45, 7) is 0. The summed E-state index contributed by atoms with van der Waals surface area (Å²) in [6.07, 6.45) is 0. The Kier molecular flexibility index (Phi) is 3.05. The lowest BCUT2D eigenvalue weighted by atomic mass is 10.3. The normalized spacial score (nSPS) is 10.2. The Bertz CT molecular complexity index is 570. The fourth-order valence-corrected chi connectivity index (χ4v) is 1.53. The average Bonchev–Trinajstić information content (AvgIpc) is 2.70. The van der Waals surface area contributed by atoms with Crippen molar-refractivity contribution in [3.05, 3.63) is 34.2 Å². The monoisotopic (exact) mass is 299 g/mol. The minimum atomic E-state index is -0.385. The van der Waals surface area contributed by atoms with Crippen molar-refractivity contribution < 1.29 is 9.02 Å². The molecule has 0 spiro atoms. The van der Waals surface area contributed by atoms with Crippen LogP contribution in [0.25, 0.3) is 0 Å². The molecule has 88 valence electrons. The summed E-state index contributed by atoms with van der Waals surface area (Å²) in [5.74, 6) is -0.448. The third-order valence-electron chi connectivity index (χ3n) is 1.94. The van der Waals surface area contributed by atoms with Gasteiger partial charge in [0.15, 0.2) is 17.3 Å². The second-order valence-corrected chi connectivity index (χ2v) is 3.98. The first-order valence-corrected chi connectivity index (χ1v) is 5.26. The third kappa shape index (κ3) is 2.41. The highest BCUT2D eigenvalue weighted by Gasteiger charge is 2.12. The van der Waals surface area contributed by atoms with Gasteiger partial charge >= 0.3 is 0 Å². The van der Waals surface area contributed by atoms with Crippen molar-refractivity contribution in [1.82, 2.24) is 10.3 Å². The van der Waals surface area contributed by atoms with E-state index in [1.165, 1.54) is 18.2 Å². The Morgan fingerprint density at radius 2 is 2.24 bits per heavy atom. The zero-order valence-corrected chi connectivity index (χ0v) is 9.95. The molecule has 0 radical (unpaired) electrons. The largest absolute Gasteiger partial charge is 0.379 e. The molecule has 0 saturated carbocycles. The molecule has 8 heteroatoms. The molecule has 0 unspecified atom stereocenters. The van der Waals surface area contributed by atoms with E-state index in [1.807, 2.05) is 0 Å². The van der Waals surface area contributed by atoms with E-state index >= 15 is 0 Å². The quantitative estimate of drug-likeness (QED) is 0.581. The molecule has 0 saturated heterocycles. The molecule has 0 aliphatic heterocycles. The maximum absolute atomic E-state index is 13.0. The van der Waals surface area contributed by atoms with Gasteiger partial charge in [-0.05, 0) is 44.4 Å². The van der Waals surface area contributed by atoms with Gasteiger partial charge in [-0.2, -0.15) is 0 Å². The molecule has 6 nitrogen and oxygen atoms in total. The standard InChI is InChI=1S/C9H7BrFN5O/c10-5-3-4(1-2-6(5)11)14-8(12)7-9(13)16-17-15-7/h1-3H,(H2,12,14)(H2,13,16). The van der Waals surface area contributed by atoms with Crippen molar-refractivity contribution in [3.63, 3.8) is 0 Å². The highest BCUT2D eigenvalue weighted by Crippen LogP contribution is 2.20. The molecular formula is C9H7BrFN5O. The number of nitrogen functional groups attached to an aromatic ring is 1. The summed E-state index contributed by atoms with van der Waals surface area (Å²) in [5, 5.41) is 17.2. The van der Waals surface area contributed by atoms with Crippen molar-refractivity contribution in [2.45, 2.75) is 0 Å². The number of nitrogens with one attached hydrogen (secondary N) is 2. The molecular weight excluding hydrogens is 293 g/mol. The van der Waals surface area contributed by atoms with Crippen molar-refractivity contribution >= 4 is 33.3 Å². The van der Waals surface area contributed by atoms with Crippen LogP contribution in [0.5, 0.6) is 0 Å². The number of hydrogen-bond donors (Lipinski definition) is 3. The predicted octanol–water partition coefficient (Wildman–Crippen LogP) is 1.99. The molecule has 0 atom stereocenters. The van der Waals surface area contributed by atoms with Crippen LogP contribution in [0, 0.1) is 11.2 Å². The third-order valence-corrected chi connectivity index (χ3v) is 2.55. The molecule has 4 N–H and O–H groups in total. The zero-order chi connectivity index (χ0) is 12.4. The maximum Gasteiger partial charge on any atom is 0.199 e. The van der Waals surface area contributed by atoms with Crippen molar-refractivity contribution in [3.8, 4) is 0 Å². The zero-order valence-electron chi connectivity index (χ0n) is 8.37. The number of anilines is 2. The number of nitrogens with two attached hydrogens (primary N) is 1. The molecule has 0 bridgehead atoms. The van der Waals surface area contributed by atoms with Gasteiger partial charge in [0.2, 0.25) is 0 Å². The predicted molar refractivity (Wildman–Crippen MR) is 63.3 cm³/mol. The van der Waals surface area contributed by atoms with Gasteiger partial charge in [-0.25, -0.2) is 9.02 Å². The second-order valence-electron chi connectivity index (χ2n) is 3.13. The lowest BCUT2D eigenvalue weighted by Gasteiger charge is -2.06. The van der Waals surface area contributed by atoms with Crippen LogP contribution in [0.1, 0.15) is 5.69 Å². The molecule has 17 heavy (non-hydrogen) atoms. The minimum Gasteiger partial charge on any atom is -0.379 e. The number of nitrogens with zero attached hydrogens (tertiary/aromatic N) is 2. The van der Waals surface area contributed by atoms with Crippen LogP contribution in [0.15, 0.2) is 27.3 Å². The summed E-state index contributed by atoms with van der Waals surface area (Å²) in [6, 6.07) is 4.25. The minimum absolute atomic E-state index is 0.0173. The Morgan fingerprint density at radius 1 is 1.47 bits per heavy atom. The molecule has 1 aromatic carbocycles. The SMILES string of the molecule is N=C(Nc1ccc(F)c(Br)c1)c1nonc1N. The molecule has 0 aliphatic carbocycles. The van der Waals surface area contributed by atoms with E-state index in [2.05, 4.69) is 36.2 Å². The van der Waals surface area contributed by atoms with E-state index in [4.69, 9.17) is 11.1 Å². The van der Waals surface area contributed by atoms with E-state index in [-0.39, 0.29) is 23.2 Å². The summed E-state index contributed by atoms with van der Waals surface area (Å²) in [5.41, 5.74) is 6.05. The summed E-state index contributed by atoms with van der Waals surface area (Å²) in [7, 11) is 0. The van der Waals surface area contributed by atoms with Crippen molar-refractivity contribution in [1.29, 1.82) is 5.41 Å². The van der Waals surface area contributed by atoms with Crippen LogP contribution >= 0.6 is 15.9 Å². The Hall–Kier alpha value is -1.96.